The summed E-state index contributed by atoms with van der Waals surface area (Å²) in [6.07, 6.45) is 4.70. The van der Waals surface area contributed by atoms with Crippen LogP contribution in [-0.2, 0) is 4.74 Å². The highest BCUT2D eigenvalue weighted by Crippen LogP contribution is 2.27. The van der Waals surface area contributed by atoms with Crippen LogP contribution in [0.3, 0.4) is 0 Å². The van der Waals surface area contributed by atoms with Gasteiger partial charge in [0.15, 0.2) is 0 Å². The van der Waals surface area contributed by atoms with Crippen molar-refractivity contribution in [1.82, 2.24) is 5.32 Å². The van der Waals surface area contributed by atoms with Crippen molar-refractivity contribution in [2.24, 2.45) is 17.6 Å². The van der Waals surface area contributed by atoms with Gasteiger partial charge in [0.05, 0.1) is 12.1 Å². The van der Waals surface area contributed by atoms with E-state index in [1.807, 2.05) is 0 Å². The molecular weight excluding hydrogens is 228 g/mol. The molecule has 18 heavy (non-hydrogen) atoms. The van der Waals surface area contributed by atoms with Crippen molar-refractivity contribution in [2.75, 3.05) is 26.9 Å². The summed E-state index contributed by atoms with van der Waals surface area (Å²) in [6, 6.07) is 0.366. The summed E-state index contributed by atoms with van der Waals surface area (Å²) in [5, 5.41) is 13.2. The van der Waals surface area contributed by atoms with Crippen LogP contribution in [0.25, 0.3) is 0 Å². The van der Waals surface area contributed by atoms with Crippen molar-refractivity contribution >= 4 is 0 Å². The fraction of sp³-hybridized carbons (Fsp3) is 1.00. The van der Waals surface area contributed by atoms with Gasteiger partial charge in [0.2, 0.25) is 0 Å². The van der Waals surface area contributed by atoms with Gasteiger partial charge in [0, 0.05) is 26.3 Å². The van der Waals surface area contributed by atoms with Gasteiger partial charge < -0.3 is 20.9 Å². The predicted molar refractivity (Wildman–Crippen MR) is 74.5 cm³/mol. The fourth-order valence-corrected chi connectivity index (χ4v) is 2.97. The van der Waals surface area contributed by atoms with Crippen LogP contribution < -0.4 is 11.1 Å². The third-order valence-corrected chi connectivity index (χ3v) is 4.49. The molecule has 1 aliphatic carbocycles. The first kappa shape index (κ1) is 15.9. The van der Waals surface area contributed by atoms with Gasteiger partial charge in [0.1, 0.15) is 0 Å². The summed E-state index contributed by atoms with van der Waals surface area (Å²) in [4.78, 5) is 0. The third-order valence-electron chi connectivity index (χ3n) is 4.49. The standard InChI is InChI=1S/C14H30N2O2/c1-11(2)14(9-15,10-18-3)16-13-7-5-4-6-12(13)8-17/h11-13,16-17H,4-10,15H2,1-3H3. The van der Waals surface area contributed by atoms with E-state index in [-0.39, 0.29) is 12.1 Å². The quantitative estimate of drug-likeness (QED) is 0.640. The Hall–Kier alpha value is -0.160. The monoisotopic (exact) mass is 258 g/mol. The molecule has 0 saturated heterocycles. The molecule has 0 spiro atoms. The lowest BCUT2D eigenvalue weighted by molar-refractivity contribution is 0.0502. The molecule has 1 saturated carbocycles. The summed E-state index contributed by atoms with van der Waals surface area (Å²) >= 11 is 0. The van der Waals surface area contributed by atoms with Crippen LogP contribution in [0.4, 0.5) is 0 Å². The van der Waals surface area contributed by atoms with Gasteiger partial charge in [-0.15, -0.1) is 0 Å². The maximum Gasteiger partial charge on any atom is 0.0659 e. The third kappa shape index (κ3) is 3.67. The highest BCUT2D eigenvalue weighted by Gasteiger charge is 2.37. The summed E-state index contributed by atoms with van der Waals surface area (Å²) in [6.45, 7) is 5.80. The van der Waals surface area contributed by atoms with Crippen molar-refractivity contribution in [2.45, 2.75) is 51.1 Å². The molecule has 0 aromatic carbocycles. The Morgan fingerprint density at radius 3 is 2.56 bits per heavy atom. The van der Waals surface area contributed by atoms with E-state index in [0.29, 0.717) is 31.0 Å². The SMILES string of the molecule is COCC(CN)(NC1CCCCC1CO)C(C)C. The largest absolute Gasteiger partial charge is 0.396 e. The number of ether oxygens (including phenoxy) is 1. The second-order valence-corrected chi connectivity index (χ2v) is 5.93. The Morgan fingerprint density at radius 2 is 2.06 bits per heavy atom. The van der Waals surface area contributed by atoms with Crippen LogP contribution in [0.5, 0.6) is 0 Å². The molecular formula is C14H30N2O2. The van der Waals surface area contributed by atoms with E-state index in [9.17, 15) is 5.11 Å². The molecule has 3 unspecified atom stereocenters. The van der Waals surface area contributed by atoms with Gasteiger partial charge in [-0.1, -0.05) is 26.7 Å². The molecule has 108 valence electrons. The Kier molecular flexibility index (Phi) is 6.57. The lowest BCUT2D eigenvalue weighted by atomic mass is 9.80. The lowest BCUT2D eigenvalue weighted by Gasteiger charge is -2.43. The van der Waals surface area contributed by atoms with E-state index < -0.39 is 0 Å². The predicted octanol–water partition coefficient (Wildman–Crippen LogP) is 1.13. The summed E-state index contributed by atoms with van der Waals surface area (Å²) in [7, 11) is 1.72. The van der Waals surface area contributed by atoms with Gasteiger partial charge in [-0.3, -0.25) is 0 Å². The second kappa shape index (κ2) is 7.43. The Balaban J connectivity index is 2.74. The topological polar surface area (TPSA) is 67.5 Å². The van der Waals surface area contributed by atoms with Crippen LogP contribution in [0.2, 0.25) is 0 Å². The molecule has 1 fully saturated rings. The van der Waals surface area contributed by atoms with E-state index in [2.05, 4.69) is 19.2 Å². The highest BCUT2D eigenvalue weighted by molar-refractivity contribution is 4.97. The molecule has 4 heteroatoms. The van der Waals surface area contributed by atoms with Crippen molar-refractivity contribution < 1.29 is 9.84 Å². The van der Waals surface area contributed by atoms with Crippen LogP contribution >= 0.6 is 0 Å². The first-order valence-electron chi connectivity index (χ1n) is 7.17. The minimum Gasteiger partial charge on any atom is -0.396 e. The molecule has 0 aromatic heterocycles. The number of nitrogens with two attached hydrogens (primary N) is 1. The van der Waals surface area contributed by atoms with Crippen LogP contribution in [0.1, 0.15) is 39.5 Å². The molecule has 0 radical (unpaired) electrons. The van der Waals surface area contributed by atoms with E-state index in [1.54, 1.807) is 7.11 Å². The maximum atomic E-state index is 9.50. The summed E-state index contributed by atoms with van der Waals surface area (Å²) in [5.74, 6) is 0.768. The van der Waals surface area contributed by atoms with Crippen LogP contribution in [-0.4, -0.2) is 43.6 Å². The Bertz CT molecular complexity index is 236. The van der Waals surface area contributed by atoms with E-state index >= 15 is 0 Å². The average molecular weight is 258 g/mol. The zero-order valence-corrected chi connectivity index (χ0v) is 12.1. The molecule has 3 atom stereocenters. The van der Waals surface area contributed by atoms with E-state index in [0.717, 1.165) is 12.8 Å². The average Bonchev–Trinajstić information content (AvgIpc) is 2.38. The second-order valence-electron chi connectivity index (χ2n) is 5.93. The molecule has 0 amide bonds. The number of hydrogen-bond donors (Lipinski definition) is 3. The Labute approximate surface area is 111 Å². The minimum atomic E-state index is -0.176. The van der Waals surface area contributed by atoms with Gasteiger partial charge in [-0.05, 0) is 24.7 Å². The number of rotatable bonds is 7. The normalized spacial score (nSPS) is 28.3. The first-order valence-corrected chi connectivity index (χ1v) is 7.17. The van der Waals surface area contributed by atoms with Crippen molar-refractivity contribution in [1.29, 1.82) is 0 Å². The molecule has 0 aliphatic heterocycles. The molecule has 4 nitrogen and oxygen atoms in total. The molecule has 4 N–H and O–H groups in total. The van der Waals surface area contributed by atoms with E-state index in [1.165, 1.54) is 12.8 Å². The van der Waals surface area contributed by atoms with Gasteiger partial charge in [-0.25, -0.2) is 0 Å². The van der Waals surface area contributed by atoms with Gasteiger partial charge in [0.25, 0.3) is 0 Å². The highest BCUT2D eigenvalue weighted by atomic mass is 16.5. The van der Waals surface area contributed by atoms with Gasteiger partial charge >= 0.3 is 0 Å². The fourth-order valence-electron chi connectivity index (χ4n) is 2.97. The number of methoxy groups -OCH3 is 1. The van der Waals surface area contributed by atoms with Crippen molar-refractivity contribution in [3.05, 3.63) is 0 Å². The molecule has 0 aromatic rings. The van der Waals surface area contributed by atoms with Crippen molar-refractivity contribution in [3.8, 4) is 0 Å². The molecule has 0 heterocycles. The summed E-state index contributed by atoms with van der Waals surface area (Å²) < 4.78 is 5.36. The van der Waals surface area contributed by atoms with Gasteiger partial charge in [-0.2, -0.15) is 0 Å². The number of aliphatic hydroxyl groups is 1. The zero-order valence-electron chi connectivity index (χ0n) is 12.1. The first-order chi connectivity index (χ1) is 8.59. The summed E-state index contributed by atoms with van der Waals surface area (Å²) in [5.41, 5.74) is 5.82. The zero-order chi connectivity index (χ0) is 13.6. The molecule has 1 aliphatic rings. The number of hydrogen-bond acceptors (Lipinski definition) is 4. The number of aliphatic hydroxyl groups excluding tert-OH is 1. The smallest absolute Gasteiger partial charge is 0.0659 e. The van der Waals surface area contributed by atoms with Crippen LogP contribution in [0, 0.1) is 11.8 Å². The van der Waals surface area contributed by atoms with Crippen LogP contribution in [0.15, 0.2) is 0 Å². The lowest BCUT2D eigenvalue weighted by Crippen LogP contribution is -2.63. The molecule has 0 bridgehead atoms. The maximum absolute atomic E-state index is 9.50. The van der Waals surface area contributed by atoms with Crippen molar-refractivity contribution in [3.63, 3.8) is 0 Å². The minimum absolute atomic E-state index is 0.176. The molecule has 1 rings (SSSR count). The number of nitrogens with one attached hydrogen (secondary N) is 1. The van der Waals surface area contributed by atoms with E-state index in [4.69, 9.17) is 10.5 Å². The Morgan fingerprint density at radius 1 is 1.39 bits per heavy atom.